The lowest BCUT2D eigenvalue weighted by atomic mass is 9.54. The molecule has 3 aliphatic rings. The van der Waals surface area contributed by atoms with Crippen LogP contribution in [0.3, 0.4) is 0 Å². The fourth-order valence-electron chi connectivity index (χ4n) is 6.21. The largest absolute Gasteiger partial charge is 0.504 e. The van der Waals surface area contributed by atoms with E-state index in [1.165, 1.54) is 24.0 Å². The summed E-state index contributed by atoms with van der Waals surface area (Å²) >= 11 is 0. The second-order valence-corrected chi connectivity index (χ2v) is 7.86. The second kappa shape index (κ2) is 5.41. The van der Waals surface area contributed by atoms with Crippen LogP contribution in [-0.4, -0.2) is 23.4 Å². The van der Waals surface area contributed by atoms with Crippen molar-refractivity contribution in [3.63, 3.8) is 0 Å². The van der Waals surface area contributed by atoms with Gasteiger partial charge in [0.25, 0.3) is 0 Å². The highest BCUT2D eigenvalue weighted by atomic mass is 16.5. The molecule has 4 rings (SSSR count). The number of aromatic hydroxyl groups is 1. The Balaban J connectivity index is 1.72. The fourth-order valence-corrected chi connectivity index (χ4v) is 6.21. The molecule has 2 fully saturated rings. The van der Waals surface area contributed by atoms with E-state index in [0.29, 0.717) is 23.5 Å². The lowest BCUT2D eigenvalue weighted by molar-refractivity contribution is -0.0394. The molecular weight excluding hydrogens is 288 g/mol. The van der Waals surface area contributed by atoms with Gasteiger partial charge in [0.05, 0.1) is 13.2 Å². The molecule has 0 heterocycles. The molecule has 0 bridgehead atoms. The zero-order valence-corrected chi connectivity index (χ0v) is 14.2. The second-order valence-electron chi connectivity index (χ2n) is 7.86. The van der Waals surface area contributed by atoms with Crippen LogP contribution in [-0.2, 0) is 6.42 Å². The maximum absolute atomic E-state index is 10.6. The third-order valence-corrected chi connectivity index (χ3v) is 7.35. The number of rotatable bonds is 2. The summed E-state index contributed by atoms with van der Waals surface area (Å²) in [5, 5.41) is 20.7. The number of phenolic OH excluding ortho intramolecular Hbond substituents is 1. The summed E-state index contributed by atoms with van der Waals surface area (Å²) < 4.78 is 5.35. The molecule has 0 radical (unpaired) electrons. The first-order valence-corrected chi connectivity index (χ1v) is 9.18. The van der Waals surface area contributed by atoms with Crippen molar-refractivity contribution in [2.75, 3.05) is 7.11 Å². The van der Waals surface area contributed by atoms with Gasteiger partial charge in [-0.05, 0) is 91.4 Å². The Morgan fingerprint density at radius 2 is 2.04 bits per heavy atom. The van der Waals surface area contributed by atoms with Crippen molar-refractivity contribution in [2.45, 2.75) is 63.9 Å². The van der Waals surface area contributed by atoms with Gasteiger partial charge in [-0.2, -0.15) is 0 Å². The van der Waals surface area contributed by atoms with Gasteiger partial charge in [0.15, 0.2) is 11.5 Å². The molecular formula is C20H28O3. The van der Waals surface area contributed by atoms with Crippen molar-refractivity contribution < 1.29 is 14.9 Å². The van der Waals surface area contributed by atoms with E-state index < -0.39 is 0 Å². The Bertz CT molecular complexity index is 611. The molecule has 0 aliphatic heterocycles. The molecule has 3 nitrogen and oxygen atoms in total. The maximum Gasteiger partial charge on any atom is 0.160 e. The van der Waals surface area contributed by atoms with E-state index in [9.17, 15) is 10.2 Å². The van der Waals surface area contributed by atoms with Crippen LogP contribution >= 0.6 is 0 Å². The van der Waals surface area contributed by atoms with Gasteiger partial charge in [-0.15, -0.1) is 0 Å². The summed E-state index contributed by atoms with van der Waals surface area (Å²) in [4.78, 5) is 0. The van der Waals surface area contributed by atoms with E-state index in [1.807, 2.05) is 6.07 Å². The molecule has 3 heteroatoms. The number of ether oxygens (including phenoxy) is 1. The highest BCUT2D eigenvalue weighted by Gasteiger charge is 2.55. The minimum Gasteiger partial charge on any atom is -0.504 e. The number of phenols is 1. The molecule has 0 spiro atoms. The van der Waals surface area contributed by atoms with Gasteiger partial charge in [-0.1, -0.05) is 6.92 Å². The topological polar surface area (TPSA) is 49.7 Å². The first-order valence-electron chi connectivity index (χ1n) is 9.18. The van der Waals surface area contributed by atoms with Crippen LogP contribution in [0.1, 0.15) is 62.5 Å². The summed E-state index contributed by atoms with van der Waals surface area (Å²) in [5.74, 6) is 2.78. The maximum atomic E-state index is 10.6. The van der Waals surface area contributed by atoms with Crippen LogP contribution in [0, 0.1) is 17.3 Å². The van der Waals surface area contributed by atoms with Gasteiger partial charge < -0.3 is 14.9 Å². The van der Waals surface area contributed by atoms with Crippen LogP contribution in [0.5, 0.6) is 11.5 Å². The summed E-state index contributed by atoms with van der Waals surface area (Å²) in [7, 11) is 1.62. The summed E-state index contributed by atoms with van der Waals surface area (Å²) in [6.45, 7) is 2.26. The van der Waals surface area contributed by atoms with Gasteiger partial charge in [-0.3, -0.25) is 0 Å². The average Bonchev–Trinajstić information content (AvgIpc) is 2.91. The van der Waals surface area contributed by atoms with Crippen LogP contribution < -0.4 is 4.74 Å². The van der Waals surface area contributed by atoms with Gasteiger partial charge in [0.2, 0.25) is 0 Å². The first kappa shape index (κ1) is 15.3. The Morgan fingerprint density at radius 3 is 2.78 bits per heavy atom. The Labute approximate surface area is 138 Å². The van der Waals surface area contributed by atoms with E-state index in [-0.39, 0.29) is 17.3 Å². The van der Waals surface area contributed by atoms with E-state index in [2.05, 4.69) is 13.0 Å². The van der Waals surface area contributed by atoms with E-state index in [0.717, 1.165) is 32.1 Å². The molecule has 0 amide bonds. The van der Waals surface area contributed by atoms with Crippen LogP contribution in [0.2, 0.25) is 0 Å². The molecule has 1 aromatic carbocycles. The number of methoxy groups -OCH3 is 1. The fraction of sp³-hybridized carbons (Fsp3) is 0.700. The number of aryl methyl sites for hydroxylation is 1. The predicted octanol–water partition coefficient (Wildman–Crippen LogP) is 4.01. The van der Waals surface area contributed by atoms with Crippen molar-refractivity contribution in [1.29, 1.82) is 0 Å². The molecule has 0 aromatic heterocycles. The summed E-state index contributed by atoms with van der Waals surface area (Å²) in [6.07, 6.45) is 7.70. The Morgan fingerprint density at radius 1 is 1.22 bits per heavy atom. The average molecular weight is 316 g/mol. The number of fused-ring (bicyclic) bond motifs is 5. The van der Waals surface area contributed by atoms with Crippen molar-refractivity contribution in [3.05, 3.63) is 23.3 Å². The minimum absolute atomic E-state index is 0.103. The number of benzene rings is 1. The molecule has 3 aliphatic carbocycles. The lowest BCUT2D eigenvalue weighted by Crippen LogP contribution is -2.45. The molecule has 1 aromatic rings. The zero-order valence-electron chi connectivity index (χ0n) is 14.2. The molecule has 126 valence electrons. The quantitative estimate of drug-likeness (QED) is 0.867. The highest BCUT2D eigenvalue weighted by Crippen LogP contribution is 2.62. The van der Waals surface area contributed by atoms with Crippen LogP contribution in [0.15, 0.2) is 12.1 Å². The van der Waals surface area contributed by atoms with Gasteiger partial charge in [-0.25, -0.2) is 0 Å². The van der Waals surface area contributed by atoms with Crippen LogP contribution in [0.4, 0.5) is 0 Å². The molecule has 0 saturated heterocycles. The standard InChI is InChI=1S/C20H28O3/c1-3-20-9-8-13-14(16(20)6-7-19(20)22)5-4-12-10-17(21)18(23-2)11-15(12)13/h10-11,13-14,16,19,21-22H,3-9H2,1-2H3. The predicted molar refractivity (Wildman–Crippen MR) is 89.9 cm³/mol. The van der Waals surface area contributed by atoms with Gasteiger partial charge in [0.1, 0.15) is 0 Å². The summed E-state index contributed by atoms with van der Waals surface area (Å²) in [5.41, 5.74) is 2.86. The lowest BCUT2D eigenvalue weighted by Gasteiger charge is -2.51. The van der Waals surface area contributed by atoms with Crippen molar-refractivity contribution in [2.24, 2.45) is 17.3 Å². The van der Waals surface area contributed by atoms with Crippen molar-refractivity contribution in [3.8, 4) is 11.5 Å². The highest BCUT2D eigenvalue weighted by molar-refractivity contribution is 5.49. The number of aliphatic hydroxyl groups is 1. The Kier molecular flexibility index (Phi) is 3.60. The van der Waals surface area contributed by atoms with E-state index >= 15 is 0 Å². The SMILES string of the molecule is CCC12CCC3c4cc(OC)c(O)cc4CCC3C1CCC2O. The monoisotopic (exact) mass is 316 g/mol. The first-order chi connectivity index (χ1) is 11.1. The molecule has 2 saturated carbocycles. The van der Waals surface area contributed by atoms with Crippen LogP contribution in [0.25, 0.3) is 0 Å². The third kappa shape index (κ3) is 2.05. The van der Waals surface area contributed by atoms with E-state index in [1.54, 1.807) is 7.11 Å². The number of hydrogen-bond acceptors (Lipinski definition) is 3. The third-order valence-electron chi connectivity index (χ3n) is 7.35. The number of aliphatic hydroxyl groups excluding tert-OH is 1. The molecule has 23 heavy (non-hydrogen) atoms. The molecule has 5 unspecified atom stereocenters. The zero-order chi connectivity index (χ0) is 16.2. The van der Waals surface area contributed by atoms with E-state index in [4.69, 9.17) is 4.74 Å². The molecule has 2 N–H and O–H groups in total. The van der Waals surface area contributed by atoms with Crippen molar-refractivity contribution >= 4 is 0 Å². The van der Waals surface area contributed by atoms with Crippen molar-refractivity contribution in [1.82, 2.24) is 0 Å². The summed E-state index contributed by atoms with van der Waals surface area (Å²) in [6, 6.07) is 3.99. The van der Waals surface area contributed by atoms with Gasteiger partial charge in [0, 0.05) is 0 Å². The molecule has 5 atom stereocenters. The normalized spacial score (nSPS) is 38.6. The number of hydrogen-bond donors (Lipinski definition) is 2. The van der Waals surface area contributed by atoms with Gasteiger partial charge >= 0.3 is 0 Å². The smallest absolute Gasteiger partial charge is 0.160 e. The minimum atomic E-state index is -0.103. The Hall–Kier alpha value is -1.22.